The van der Waals surface area contributed by atoms with Crippen LogP contribution in [0.25, 0.3) is 0 Å². The summed E-state index contributed by atoms with van der Waals surface area (Å²) in [4.78, 5) is -0.0836. The van der Waals surface area contributed by atoms with Crippen molar-refractivity contribution < 1.29 is 13.5 Å². The van der Waals surface area contributed by atoms with E-state index in [1.807, 2.05) is 6.07 Å². The van der Waals surface area contributed by atoms with E-state index in [2.05, 4.69) is 4.72 Å². The molecule has 20 heavy (non-hydrogen) atoms. The van der Waals surface area contributed by atoms with Gasteiger partial charge in [0, 0.05) is 6.54 Å². The zero-order chi connectivity index (χ0) is 14.8. The van der Waals surface area contributed by atoms with Crippen molar-refractivity contribution in [3.63, 3.8) is 0 Å². The van der Waals surface area contributed by atoms with E-state index in [1.165, 1.54) is 18.2 Å². The fourth-order valence-corrected chi connectivity index (χ4v) is 3.97. The molecule has 0 saturated heterocycles. The van der Waals surface area contributed by atoms with Gasteiger partial charge in [-0.3, -0.25) is 0 Å². The Balaban J connectivity index is 2.16. The molecule has 0 atom stereocenters. The lowest BCUT2D eigenvalue weighted by Gasteiger charge is -2.22. The molecule has 0 bridgehead atoms. The Morgan fingerprint density at radius 2 is 2.05 bits per heavy atom. The van der Waals surface area contributed by atoms with E-state index >= 15 is 0 Å². The van der Waals surface area contributed by atoms with Crippen LogP contribution in [0.1, 0.15) is 31.2 Å². The van der Waals surface area contributed by atoms with Crippen molar-refractivity contribution in [2.75, 3.05) is 6.54 Å². The number of halogens is 1. The molecule has 0 unspecified atom stereocenters. The molecule has 2 rings (SSSR count). The Morgan fingerprint density at radius 3 is 2.60 bits per heavy atom. The molecule has 0 radical (unpaired) electrons. The van der Waals surface area contributed by atoms with Crippen LogP contribution >= 0.6 is 11.6 Å². The van der Waals surface area contributed by atoms with Gasteiger partial charge in [0.1, 0.15) is 4.90 Å². The minimum absolute atomic E-state index is 0.00467. The third kappa shape index (κ3) is 3.30. The van der Waals surface area contributed by atoms with E-state index in [4.69, 9.17) is 16.9 Å². The molecule has 5 nitrogen and oxygen atoms in total. The molecule has 0 aromatic heterocycles. The standard InChI is InChI=1S/C13H15ClN2O3S/c14-11-7-10(8-15)3-4-12(11)20(18,19)16-9-13(17)5-1-2-6-13/h3-4,7,16-17H,1-2,5-6,9H2. The minimum Gasteiger partial charge on any atom is -0.389 e. The van der Waals surface area contributed by atoms with Crippen LogP contribution in [0.2, 0.25) is 5.02 Å². The number of hydrogen-bond donors (Lipinski definition) is 2. The molecule has 0 heterocycles. The molecule has 1 saturated carbocycles. The molecule has 1 aromatic rings. The molecule has 1 aliphatic carbocycles. The summed E-state index contributed by atoms with van der Waals surface area (Å²) in [7, 11) is -3.79. The second-order valence-electron chi connectivity index (χ2n) is 5.01. The highest BCUT2D eigenvalue weighted by molar-refractivity contribution is 7.89. The highest BCUT2D eigenvalue weighted by Gasteiger charge is 2.32. The summed E-state index contributed by atoms with van der Waals surface area (Å²) in [6, 6.07) is 5.88. The first kappa shape index (κ1) is 15.3. The minimum atomic E-state index is -3.79. The van der Waals surface area contributed by atoms with Crippen molar-refractivity contribution in [3.05, 3.63) is 28.8 Å². The average molecular weight is 315 g/mol. The van der Waals surface area contributed by atoms with Crippen molar-refractivity contribution in [3.8, 4) is 6.07 Å². The van der Waals surface area contributed by atoms with Crippen molar-refractivity contribution in [1.29, 1.82) is 5.26 Å². The van der Waals surface area contributed by atoms with Crippen LogP contribution in [0.3, 0.4) is 0 Å². The summed E-state index contributed by atoms with van der Waals surface area (Å²) in [6.45, 7) is -0.0222. The van der Waals surface area contributed by atoms with Gasteiger partial charge in [-0.15, -0.1) is 0 Å². The maximum atomic E-state index is 12.2. The number of nitrogens with one attached hydrogen (secondary N) is 1. The Kier molecular flexibility index (Phi) is 4.35. The van der Waals surface area contributed by atoms with Crippen molar-refractivity contribution in [2.24, 2.45) is 0 Å². The number of hydrogen-bond acceptors (Lipinski definition) is 4. The fourth-order valence-electron chi connectivity index (χ4n) is 2.31. The third-order valence-corrected chi connectivity index (χ3v) is 5.36. The summed E-state index contributed by atoms with van der Waals surface area (Å²) in [6.07, 6.45) is 2.99. The molecule has 7 heteroatoms. The lowest BCUT2D eigenvalue weighted by Crippen LogP contribution is -2.40. The van der Waals surface area contributed by atoms with Crippen molar-refractivity contribution in [1.82, 2.24) is 4.72 Å². The summed E-state index contributed by atoms with van der Waals surface area (Å²) in [5.41, 5.74) is -0.671. The van der Waals surface area contributed by atoms with Gasteiger partial charge in [-0.1, -0.05) is 24.4 Å². The van der Waals surface area contributed by atoms with Gasteiger partial charge < -0.3 is 5.11 Å². The zero-order valence-corrected chi connectivity index (χ0v) is 12.3. The molecular formula is C13H15ClN2O3S. The highest BCUT2D eigenvalue weighted by Crippen LogP contribution is 2.29. The number of rotatable bonds is 4. The summed E-state index contributed by atoms with van der Waals surface area (Å²) < 4.78 is 26.7. The molecule has 1 aromatic carbocycles. The van der Waals surface area contributed by atoms with Gasteiger partial charge >= 0.3 is 0 Å². The molecule has 0 amide bonds. The topological polar surface area (TPSA) is 90.2 Å². The normalized spacial score (nSPS) is 17.9. The molecular weight excluding hydrogens is 300 g/mol. The van der Waals surface area contributed by atoms with Crippen LogP contribution in [0.5, 0.6) is 0 Å². The highest BCUT2D eigenvalue weighted by atomic mass is 35.5. The van der Waals surface area contributed by atoms with Crippen LogP contribution in [0.4, 0.5) is 0 Å². The van der Waals surface area contributed by atoms with Crippen LogP contribution in [0, 0.1) is 11.3 Å². The number of benzene rings is 1. The SMILES string of the molecule is N#Cc1ccc(S(=O)(=O)NCC2(O)CCCC2)c(Cl)c1. The first-order chi connectivity index (χ1) is 9.36. The maximum Gasteiger partial charge on any atom is 0.242 e. The number of nitrogens with zero attached hydrogens (tertiary/aromatic N) is 1. The van der Waals surface area contributed by atoms with Gasteiger partial charge in [-0.25, -0.2) is 13.1 Å². The van der Waals surface area contributed by atoms with Gasteiger partial charge in [0.15, 0.2) is 0 Å². The molecule has 108 valence electrons. The second kappa shape index (κ2) is 5.70. The Labute approximate surface area is 123 Å². The summed E-state index contributed by atoms with van der Waals surface area (Å²) >= 11 is 5.89. The molecule has 1 aliphatic rings. The molecule has 2 N–H and O–H groups in total. The first-order valence-corrected chi connectivity index (χ1v) is 8.14. The van der Waals surface area contributed by atoms with Gasteiger partial charge in [-0.05, 0) is 31.0 Å². The molecule has 1 fully saturated rings. The number of aliphatic hydroxyl groups is 1. The Hall–Kier alpha value is -1.13. The fraction of sp³-hybridized carbons (Fsp3) is 0.462. The van der Waals surface area contributed by atoms with Gasteiger partial charge in [0.2, 0.25) is 10.0 Å². The Bertz CT molecular complexity index is 646. The summed E-state index contributed by atoms with van der Waals surface area (Å²) in [5.74, 6) is 0. The van der Waals surface area contributed by atoms with Crippen LogP contribution in [-0.4, -0.2) is 25.7 Å². The zero-order valence-electron chi connectivity index (χ0n) is 10.8. The van der Waals surface area contributed by atoms with Gasteiger partial charge in [0.25, 0.3) is 0 Å². The predicted molar refractivity (Wildman–Crippen MR) is 74.8 cm³/mol. The van der Waals surface area contributed by atoms with Crippen LogP contribution < -0.4 is 4.72 Å². The van der Waals surface area contributed by atoms with Crippen molar-refractivity contribution >= 4 is 21.6 Å². The first-order valence-electron chi connectivity index (χ1n) is 6.28. The molecule has 0 spiro atoms. The lowest BCUT2D eigenvalue weighted by atomic mass is 10.0. The van der Waals surface area contributed by atoms with E-state index in [0.717, 1.165) is 12.8 Å². The monoisotopic (exact) mass is 314 g/mol. The third-order valence-electron chi connectivity index (χ3n) is 3.48. The number of nitriles is 1. The van der Waals surface area contributed by atoms with E-state index in [-0.39, 0.29) is 16.5 Å². The van der Waals surface area contributed by atoms with Crippen LogP contribution in [-0.2, 0) is 10.0 Å². The largest absolute Gasteiger partial charge is 0.389 e. The van der Waals surface area contributed by atoms with E-state index in [9.17, 15) is 13.5 Å². The maximum absolute atomic E-state index is 12.2. The van der Waals surface area contributed by atoms with E-state index in [1.54, 1.807) is 0 Å². The van der Waals surface area contributed by atoms with Gasteiger partial charge in [0.05, 0.1) is 22.3 Å². The molecule has 0 aliphatic heterocycles. The average Bonchev–Trinajstić information content (AvgIpc) is 2.84. The quantitative estimate of drug-likeness (QED) is 0.886. The van der Waals surface area contributed by atoms with Crippen molar-refractivity contribution in [2.45, 2.75) is 36.2 Å². The summed E-state index contributed by atoms with van der Waals surface area (Å²) in [5, 5.41) is 18.9. The smallest absolute Gasteiger partial charge is 0.242 e. The van der Waals surface area contributed by atoms with E-state index in [0.29, 0.717) is 18.4 Å². The van der Waals surface area contributed by atoms with Crippen LogP contribution in [0.15, 0.2) is 23.1 Å². The second-order valence-corrected chi connectivity index (χ2v) is 7.16. The Morgan fingerprint density at radius 1 is 1.40 bits per heavy atom. The predicted octanol–water partition coefficient (Wildman–Crippen LogP) is 1.80. The number of sulfonamides is 1. The lowest BCUT2D eigenvalue weighted by molar-refractivity contribution is 0.0532. The van der Waals surface area contributed by atoms with E-state index < -0.39 is 15.6 Å². The van der Waals surface area contributed by atoms with Gasteiger partial charge in [-0.2, -0.15) is 5.26 Å².